The number of aryl methyl sites for hydroxylation is 1. The van der Waals surface area contributed by atoms with Crippen LogP contribution in [0.1, 0.15) is 121 Å². The van der Waals surface area contributed by atoms with Gasteiger partial charge < -0.3 is 34.1 Å². The normalized spacial score (nSPS) is 17.9. The molecule has 1 saturated heterocycles. The number of ether oxygens (including phenoxy) is 4. The number of carbonyl (C=O) groups is 3. The molecule has 0 bridgehead atoms. The zero-order valence-electron chi connectivity index (χ0n) is 38.3. The van der Waals surface area contributed by atoms with Gasteiger partial charge in [0, 0.05) is 55.7 Å². The molecule has 0 spiro atoms. The highest BCUT2D eigenvalue weighted by Gasteiger charge is 2.33. The van der Waals surface area contributed by atoms with E-state index in [1.54, 1.807) is 58.6 Å². The topological polar surface area (TPSA) is 144 Å². The van der Waals surface area contributed by atoms with E-state index in [1.807, 2.05) is 32.9 Å². The molecule has 0 radical (unpaired) electrons. The minimum absolute atomic E-state index is 0.0557. The van der Waals surface area contributed by atoms with Crippen molar-refractivity contribution in [3.05, 3.63) is 52.8 Å². The van der Waals surface area contributed by atoms with Crippen molar-refractivity contribution in [3.8, 4) is 17.6 Å². The van der Waals surface area contributed by atoms with Gasteiger partial charge in [-0.05, 0) is 135 Å². The minimum atomic E-state index is -4.67. The number of nitrogens with zero attached hydrogens (tertiary/aromatic N) is 4. The summed E-state index contributed by atoms with van der Waals surface area (Å²) in [6, 6.07) is 6.56. The molecule has 13 nitrogen and oxygen atoms in total. The van der Waals surface area contributed by atoms with E-state index >= 15 is 0 Å². The molecule has 3 aromatic rings. The van der Waals surface area contributed by atoms with E-state index in [-0.39, 0.29) is 47.6 Å². The van der Waals surface area contributed by atoms with E-state index in [4.69, 9.17) is 18.9 Å². The molecule has 1 aromatic heterocycles. The number of anilines is 2. The largest absolute Gasteiger partial charge is 0.496 e. The lowest BCUT2D eigenvalue weighted by Gasteiger charge is -2.31. The Morgan fingerprint density at radius 3 is 2.21 bits per heavy atom. The first-order chi connectivity index (χ1) is 29.5. The lowest BCUT2D eigenvalue weighted by molar-refractivity contribution is -0.137. The van der Waals surface area contributed by atoms with E-state index in [2.05, 4.69) is 32.4 Å². The van der Waals surface area contributed by atoms with Gasteiger partial charge in [0.25, 0.3) is 0 Å². The Morgan fingerprint density at radius 2 is 1.59 bits per heavy atom. The lowest BCUT2D eigenvalue weighted by atomic mass is 9.77. The number of aromatic nitrogens is 2. The fourth-order valence-electron chi connectivity index (χ4n) is 7.86. The van der Waals surface area contributed by atoms with Crippen LogP contribution in [0.3, 0.4) is 0 Å². The smallest absolute Gasteiger partial charge is 0.416 e. The molecule has 1 aliphatic heterocycles. The maximum atomic E-state index is 14.1. The number of halogens is 3. The summed E-state index contributed by atoms with van der Waals surface area (Å²) in [6.07, 6.45) is -1.37. The monoisotopic (exact) mass is 880 g/mol. The number of amides is 3. The van der Waals surface area contributed by atoms with Gasteiger partial charge in [-0.15, -0.1) is 0 Å². The predicted octanol–water partition coefficient (Wildman–Crippen LogP) is 9.89. The maximum absolute atomic E-state index is 14.1. The summed E-state index contributed by atoms with van der Waals surface area (Å²) in [6.45, 7) is 16.3. The van der Waals surface area contributed by atoms with Crippen molar-refractivity contribution >= 4 is 40.5 Å². The summed E-state index contributed by atoms with van der Waals surface area (Å²) in [5.74, 6) is 8.15. The second-order valence-corrected chi connectivity index (χ2v) is 18.5. The zero-order chi connectivity index (χ0) is 46.3. The predicted molar refractivity (Wildman–Crippen MR) is 236 cm³/mol. The molecule has 2 aliphatic rings. The Labute approximate surface area is 369 Å². The molecule has 1 atom stereocenters. The molecule has 1 aliphatic carbocycles. The molecule has 344 valence electrons. The van der Waals surface area contributed by atoms with Gasteiger partial charge in [0.05, 0.1) is 30.8 Å². The summed E-state index contributed by atoms with van der Waals surface area (Å²) < 4.78 is 64.5. The Morgan fingerprint density at radius 1 is 0.921 bits per heavy atom. The Kier molecular flexibility index (Phi) is 15.8. The van der Waals surface area contributed by atoms with Crippen LogP contribution in [0.2, 0.25) is 0 Å². The molecule has 0 unspecified atom stereocenters. The average molecular weight is 881 g/mol. The molecular weight excluding hydrogens is 818 g/mol. The highest BCUT2D eigenvalue weighted by molar-refractivity contribution is 5.91. The van der Waals surface area contributed by atoms with Crippen LogP contribution < -0.4 is 15.4 Å². The van der Waals surface area contributed by atoms with Crippen molar-refractivity contribution in [1.82, 2.24) is 19.8 Å². The zero-order valence-corrected chi connectivity index (χ0v) is 38.3. The number of piperidine rings is 1. The molecule has 2 N–H and O–H groups in total. The van der Waals surface area contributed by atoms with Gasteiger partial charge in [0.15, 0.2) is 0 Å². The summed E-state index contributed by atoms with van der Waals surface area (Å²) >= 11 is 0. The maximum Gasteiger partial charge on any atom is 0.416 e. The van der Waals surface area contributed by atoms with Crippen molar-refractivity contribution in [2.45, 2.75) is 123 Å². The van der Waals surface area contributed by atoms with Crippen LogP contribution in [0.25, 0.3) is 10.9 Å². The van der Waals surface area contributed by atoms with Crippen molar-refractivity contribution in [2.24, 2.45) is 11.8 Å². The van der Waals surface area contributed by atoms with Crippen LogP contribution in [-0.2, 0) is 25.2 Å². The third-order valence-corrected chi connectivity index (χ3v) is 11.0. The van der Waals surface area contributed by atoms with Crippen molar-refractivity contribution < 1.29 is 46.5 Å². The third kappa shape index (κ3) is 14.1. The van der Waals surface area contributed by atoms with Gasteiger partial charge in [-0.3, -0.25) is 10.1 Å². The van der Waals surface area contributed by atoms with Gasteiger partial charge in [-0.25, -0.2) is 19.6 Å². The first-order valence-corrected chi connectivity index (χ1v) is 21.6. The Balaban J connectivity index is 1.18. The van der Waals surface area contributed by atoms with E-state index in [9.17, 15) is 27.6 Å². The van der Waals surface area contributed by atoms with Crippen LogP contribution in [0.4, 0.5) is 34.3 Å². The Bertz CT molecular complexity index is 2160. The van der Waals surface area contributed by atoms with Gasteiger partial charge >= 0.3 is 18.4 Å². The highest BCUT2D eigenvalue weighted by atomic mass is 19.4. The van der Waals surface area contributed by atoms with Crippen LogP contribution in [0.5, 0.6) is 5.75 Å². The van der Waals surface area contributed by atoms with Crippen LogP contribution in [0, 0.1) is 30.6 Å². The number of fused-ring (bicyclic) bond motifs is 1. The summed E-state index contributed by atoms with van der Waals surface area (Å²) in [7, 11) is 3.40. The number of likely N-dealkylation sites (N-methyl/N-ethyl adjacent to an activating group) is 1. The van der Waals surface area contributed by atoms with Crippen molar-refractivity contribution in [2.75, 3.05) is 57.6 Å². The first kappa shape index (κ1) is 48.7. The fourth-order valence-corrected chi connectivity index (χ4v) is 7.86. The van der Waals surface area contributed by atoms with Crippen molar-refractivity contribution in [3.63, 3.8) is 0 Å². The number of carbonyl (C=O) groups excluding carboxylic acids is 3. The molecule has 3 amide bonds. The molecule has 2 heterocycles. The number of benzene rings is 2. The second kappa shape index (κ2) is 20.5. The summed E-state index contributed by atoms with van der Waals surface area (Å²) in [5, 5.41) is 6.42. The number of nitrogens with one attached hydrogen (secondary N) is 2. The number of hydrogen-bond donors (Lipinski definition) is 2. The minimum Gasteiger partial charge on any atom is -0.496 e. The standard InChI is InChI=1S/C47H63F3N6O7/c1-29(34-24-35(47(48,49)50)26-36(25-34)54-43(58)62-45(3,4)5)51-41-38-27-37(40(60-10)28-39(38)52-30(2)53-41)32-13-15-33(16-14-32)42(57)55(9)21-23-61-22-11-12-31-17-19-56(20-18-31)44(59)63-46(6,7)8/h24-29,31-33H,13-23H2,1-10H3,(H,54,58)(H,51,52,53)/t29-,32-,33-/m1/s1. The van der Waals surface area contributed by atoms with E-state index in [1.165, 1.54) is 6.07 Å². The van der Waals surface area contributed by atoms with E-state index in [0.717, 1.165) is 43.4 Å². The lowest BCUT2D eigenvalue weighted by Crippen LogP contribution is -2.41. The van der Waals surface area contributed by atoms with E-state index in [0.29, 0.717) is 67.4 Å². The van der Waals surface area contributed by atoms with Gasteiger partial charge in [0.1, 0.15) is 35.2 Å². The van der Waals surface area contributed by atoms with E-state index < -0.39 is 35.1 Å². The summed E-state index contributed by atoms with van der Waals surface area (Å²) in [4.78, 5) is 51.1. The molecule has 63 heavy (non-hydrogen) atoms. The van der Waals surface area contributed by atoms with Crippen molar-refractivity contribution in [1.29, 1.82) is 0 Å². The number of likely N-dealkylation sites (tertiary alicyclic amines) is 1. The molecular formula is C47H63F3N6O7. The number of hydrogen-bond acceptors (Lipinski definition) is 10. The van der Waals surface area contributed by atoms with Crippen LogP contribution >= 0.6 is 0 Å². The number of alkyl halides is 3. The third-order valence-electron chi connectivity index (χ3n) is 11.0. The molecule has 1 saturated carbocycles. The molecule has 2 fully saturated rings. The molecule has 16 heteroatoms. The van der Waals surface area contributed by atoms with Crippen LogP contribution in [-0.4, -0.2) is 96.1 Å². The van der Waals surface area contributed by atoms with Crippen LogP contribution in [0.15, 0.2) is 30.3 Å². The molecule has 2 aromatic carbocycles. The van der Waals surface area contributed by atoms with Gasteiger partial charge in [-0.2, -0.15) is 13.2 Å². The van der Waals surface area contributed by atoms with Gasteiger partial charge in [0.2, 0.25) is 5.91 Å². The van der Waals surface area contributed by atoms with Gasteiger partial charge in [-0.1, -0.05) is 11.8 Å². The Hall–Kier alpha value is -5.30. The summed E-state index contributed by atoms with van der Waals surface area (Å²) in [5.41, 5.74) is -0.520. The SMILES string of the molecule is COc1cc2nc(C)nc(N[C@H](C)c3cc(NC(=O)OC(C)(C)C)cc(C(F)(F)F)c3)c2cc1[C@H]1CC[C@H](C(=O)N(C)CCOCC#CC2CCN(C(=O)OC(C)(C)C)CC2)CC1. The second-order valence-electron chi connectivity index (χ2n) is 18.5. The average Bonchev–Trinajstić information content (AvgIpc) is 3.19. The molecule has 5 rings (SSSR count). The first-order valence-electron chi connectivity index (χ1n) is 21.6. The fraction of sp³-hybridized carbons (Fsp3) is 0.596. The number of rotatable bonds is 11. The highest BCUT2D eigenvalue weighted by Crippen LogP contribution is 2.43. The quantitative estimate of drug-likeness (QED) is 0.141. The number of methoxy groups -OCH3 is 1.